The number of sulfone groups is 2. The van der Waals surface area contributed by atoms with E-state index in [1.54, 1.807) is 110 Å². The van der Waals surface area contributed by atoms with Crippen molar-refractivity contribution in [3.05, 3.63) is 176 Å². The normalized spacial score (nSPS) is 26.3. The molecule has 31 heteroatoms. The molecule has 3 unspecified atom stereocenters. The second-order valence-corrected chi connectivity index (χ2v) is 42.0. The summed E-state index contributed by atoms with van der Waals surface area (Å²) in [5.41, 5.74) is 2.80. The Morgan fingerprint density at radius 1 is 0.561 bits per heavy atom. The molecule has 0 amide bonds. The molecule has 2 saturated heterocycles. The maximum absolute atomic E-state index is 13.5. The van der Waals surface area contributed by atoms with Crippen molar-refractivity contribution in [3.8, 4) is 0 Å². The van der Waals surface area contributed by atoms with Crippen molar-refractivity contribution in [1.82, 2.24) is 55.3 Å². The fourth-order valence-electron chi connectivity index (χ4n) is 16.6. The zero-order valence-corrected chi connectivity index (χ0v) is 65.7. The van der Waals surface area contributed by atoms with Crippen molar-refractivity contribution < 1.29 is 55.2 Å². The average molecular weight is 1620 g/mol. The fourth-order valence-corrected chi connectivity index (χ4v) is 24.3. The van der Waals surface area contributed by atoms with Crippen molar-refractivity contribution in [3.63, 3.8) is 0 Å². The molecule has 4 aliphatic carbocycles. The van der Waals surface area contributed by atoms with Gasteiger partial charge < -0.3 is 25.5 Å². The molecule has 6 aromatic carbocycles. The topological polar surface area (TPSA) is 350 Å². The first-order valence-corrected chi connectivity index (χ1v) is 44.6. The first kappa shape index (κ1) is 78.6. The number of rotatable bonds is 13. The molecule has 22 nitrogen and oxygen atoms in total. The minimum absolute atomic E-state index is 0.0209. The lowest BCUT2D eigenvalue weighted by Gasteiger charge is -2.49. The molecular weight excluding hydrogens is 1530 g/mol. The number of benzene rings is 6. The summed E-state index contributed by atoms with van der Waals surface area (Å²) in [4.78, 5) is 0.323. The third-order valence-electron chi connectivity index (χ3n) is 22.0. The van der Waals surface area contributed by atoms with Gasteiger partial charge in [0.1, 0.15) is 5.82 Å². The molecule has 17 rings (SSSR count). The Balaban J connectivity index is 0.000000119. The number of halogens is 5. The summed E-state index contributed by atoms with van der Waals surface area (Å²) < 4.78 is 88.9. The molecule has 6 aliphatic rings. The Bertz CT molecular complexity index is 5570. The van der Waals surface area contributed by atoms with Crippen LogP contribution in [0.5, 0.6) is 0 Å². The monoisotopic (exact) mass is 1620 g/mol. The van der Waals surface area contributed by atoms with E-state index in [0.717, 1.165) is 104 Å². The Hall–Kier alpha value is -6.54. The standard InChI is InChI=1S/C18H17ClN2O3S.C16H22ClN3O2S.C15H17ClN2O3S.C14H17FN2O.C13H15ClN2O2S/c19-14-6-13-10-20-21-17(13)16(7-14)18(22)8-12(9-18)11-25(23,24)15-4-2-1-3-5-15;1-15(2)10-16(21,5-6-20(15)23(3,4)22)13-8-12(17)7-11-9-18-19-14(11)13;16-11-3-10-7-17-18-14(10)13(4-11)15(19)5-9(6-15)8-22(20,21)12-1-2-12;15-11-6-10-8-16-17-13(10)12(7-11)14(18)9-4-2-1-3-5-9;1-19(18)4-2-13(17,3-5-19)11-7-10(14)6-9-8-15-16-12(9)11/h1-7,10,12,22H,8-9,11H2,(H,20,21);7-9,21H,3,5-6,10H2,1-2,4H3,(H,18,19);3-4,7,9,12,19H,1-2,5-6,8H2,(H,17,18);6-9,14,18H,1-5H2,(H,16,17);6-8,17H,1-5H2,(H,15,16). The molecule has 10 N–H and O–H groups in total. The predicted octanol–water partition coefficient (Wildman–Crippen LogP) is 13.4. The van der Waals surface area contributed by atoms with Gasteiger partial charge in [-0.25, -0.2) is 25.5 Å². The van der Waals surface area contributed by atoms with Crippen LogP contribution in [0.2, 0.25) is 20.1 Å². The summed E-state index contributed by atoms with van der Waals surface area (Å²) in [7, 11) is -10.7. The highest BCUT2D eigenvalue weighted by Gasteiger charge is 2.51. The molecule has 0 spiro atoms. The molecule has 2 aliphatic heterocycles. The maximum atomic E-state index is 13.5. The van der Waals surface area contributed by atoms with Crippen molar-refractivity contribution in [2.45, 2.75) is 154 Å². The number of nitrogens with one attached hydrogen (secondary N) is 5. The Morgan fingerprint density at radius 2 is 0.963 bits per heavy atom. The summed E-state index contributed by atoms with van der Waals surface area (Å²) in [6.07, 6.45) is 20.0. The zero-order chi connectivity index (χ0) is 76.4. The molecule has 7 heterocycles. The zero-order valence-electron chi connectivity index (χ0n) is 59.4. The first-order valence-electron chi connectivity index (χ1n) is 35.6. The van der Waals surface area contributed by atoms with Crippen LogP contribution in [0.1, 0.15) is 144 Å². The van der Waals surface area contributed by atoms with Gasteiger partial charge in [-0.1, -0.05) is 83.9 Å². The molecule has 0 bridgehead atoms. The summed E-state index contributed by atoms with van der Waals surface area (Å²) in [6.45, 7) is 4.48. The molecule has 3 atom stereocenters. The SMILES string of the molecule is C=S(C)(=O)N1CCC(O)(c2cc(Cl)cc3cn[nH]c23)CC1(C)C.C=S1(=O)CCC(O)(c2cc(Cl)cc3cn[nH]c23)CC1.O=S(=O)(CC1CC(O)(c2cc(Cl)cc3cn[nH]c23)C1)C1CC1.O=S(=O)(CC1CC(O)(c2cc(Cl)cc3cn[nH]c23)C1)c1ccccc1.OC(c1cc(F)cc2cn[nH]c12)C1CCCCC1. The molecule has 6 fully saturated rings. The highest BCUT2D eigenvalue weighted by Crippen LogP contribution is 2.52. The minimum atomic E-state index is -3.35. The number of H-pyrrole nitrogens is 5. The van der Waals surface area contributed by atoms with Crippen molar-refractivity contribution in [1.29, 1.82) is 0 Å². The van der Waals surface area contributed by atoms with Crippen LogP contribution in [0.3, 0.4) is 0 Å². The molecule has 4 saturated carbocycles. The van der Waals surface area contributed by atoms with E-state index >= 15 is 0 Å². The van der Waals surface area contributed by atoms with Crippen LogP contribution in [0.15, 0.2) is 127 Å². The number of hydrogen-bond donors (Lipinski definition) is 10. The van der Waals surface area contributed by atoms with E-state index in [2.05, 4.69) is 62.7 Å². The lowest BCUT2D eigenvalue weighted by atomic mass is 9.68. The number of aromatic nitrogens is 10. The van der Waals surface area contributed by atoms with E-state index in [1.807, 2.05) is 24.2 Å². The van der Waals surface area contributed by atoms with Crippen LogP contribution in [0, 0.1) is 23.6 Å². The first-order chi connectivity index (χ1) is 50.4. The molecule has 5 aromatic heterocycles. The molecule has 11 aromatic rings. The fraction of sp³-hybridized carbons (Fsp3) is 0.434. The van der Waals surface area contributed by atoms with Crippen LogP contribution in [-0.2, 0) is 61.3 Å². The van der Waals surface area contributed by atoms with Crippen molar-refractivity contribution in [2.75, 3.05) is 35.8 Å². The largest absolute Gasteiger partial charge is 0.388 e. The smallest absolute Gasteiger partial charge is 0.178 e. The summed E-state index contributed by atoms with van der Waals surface area (Å²) in [5, 5.41) is 95.2. The van der Waals surface area contributed by atoms with Gasteiger partial charge in [0.25, 0.3) is 0 Å². The number of aliphatic hydroxyl groups excluding tert-OH is 1. The summed E-state index contributed by atoms with van der Waals surface area (Å²) >= 11 is 24.6. The van der Waals surface area contributed by atoms with E-state index in [1.165, 1.54) is 18.6 Å². The molecular formula is C76H88Cl4FN11O11S4. The van der Waals surface area contributed by atoms with Gasteiger partial charge in [-0.2, -0.15) is 25.5 Å². The second kappa shape index (κ2) is 30.3. The Labute approximate surface area is 640 Å². The third kappa shape index (κ3) is 17.2. The maximum Gasteiger partial charge on any atom is 0.178 e. The van der Waals surface area contributed by atoms with E-state index in [9.17, 15) is 55.2 Å². The van der Waals surface area contributed by atoms with Crippen LogP contribution < -0.4 is 0 Å². The lowest BCUT2D eigenvalue weighted by Crippen LogP contribution is -2.56. The van der Waals surface area contributed by atoms with E-state index in [-0.39, 0.29) is 40.3 Å². The third-order valence-corrected chi connectivity index (χ3v) is 30.7. The molecule has 0 radical (unpaired) electrons. The van der Waals surface area contributed by atoms with E-state index < -0.39 is 73.0 Å². The van der Waals surface area contributed by atoms with Crippen molar-refractivity contribution >= 4 is 152 Å². The number of piperidine rings is 1. The van der Waals surface area contributed by atoms with Crippen LogP contribution in [0.25, 0.3) is 54.5 Å². The quantitative estimate of drug-likeness (QED) is 0.0479. The predicted molar refractivity (Wildman–Crippen MR) is 424 cm³/mol. The number of nitrogens with zero attached hydrogens (tertiary/aromatic N) is 6. The number of hydrogen-bond acceptors (Lipinski definition) is 16. The van der Waals surface area contributed by atoms with Gasteiger partial charge in [0.05, 0.1) is 109 Å². The van der Waals surface area contributed by atoms with E-state index in [0.29, 0.717) is 111 Å². The van der Waals surface area contributed by atoms with E-state index in [4.69, 9.17) is 46.4 Å². The molecule has 107 heavy (non-hydrogen) atoms. The van der Waals surface area contributed by atoms with Gasteiger partial charge >= 0.3 is 0 Å². The van der Waals surface area contributed by atoms with Gasteiger partial charge in [0.15, 0.2) is 19.7 Å². The number of aromatic amines is 5. The summed E-state index contributed by atoms with van der Waals surface area (Å²) in [5.74, 6) is 8.48. The highest BCUT2D eigenvalue weighted by molar-refractivity contribution is 8.00. The summed E-state index contributed by atoms with van der Waals surface area (Å²) in [6, 6.07) is 25.5. The van der Waals surface area contributed by atoms with Crippen LogP contribution in [-0.4, -0.2) is 164 Å². The van der Waals surface area contributed by atoms with Gasteiger partial charge in [0.2, 0.25) is 0 Å². The number of fused-ring (bicyclic) bond motifs is 5. The van der Waals surface area contributed by atoms with Gasteiger partial charge in [0, 0.05) is 114 Å². The Morgan fingerprint density at radius 3 is 1.38 bits per heavy atom. The lowest BCUT2D eigenvalue weighted by molar-refractivity contribution is -0.0720. The number of aliphatic hydroxyl groups is 5. The van der Waals surface area contributed by atoms with Gasteiger partial charge in [-0.3, -0.25) is 33.9 Å². The Kier molecular flexibility index (Phi) is 22.2. The van der Waals surface area contributed by atoms with Gasteiger partial charge in [-0.15, -0.1) is 0 Å². The van der Waals surface area contributed by atoms with Crippen LogP contribution in [0.4, 0.5) is 4.39 Å². The van der Waals surface area contributed by atoms with Crippen molar-refractivity contribution in [2.24, 2.45) is 17.8 Å². The van der Waals surface area contributed by atoms with Gasteiger partial charge in [-0.05, 0) is 203 Å². The average Bonchev–Trinajstić information content (AvgIpc) is 1.75. The second-order valence-electron chi connectivity index (χ2n) is 30.8. The minimum Gasteiger partial charge on any atom is -0.388 e. The highest BCUT2D eigenvalue weighted by atomic mass is 35.5. The molecule has 572 valence electrons. The van der Waals surface area contributed by atoms with Crippen LogP contribution >= 0.6 is 46.4 Å².